The summed E-state index contributed by atoms with van der Waals surface area (Å²) in [6.07, 6.45) is 6.09. The number of hydrogen-bond acceptors (Lipinski definition) is 4. The molecule has 1 fully saturated rings. The molecule has 0 unspecified atom stereocenters. The number of nitrogens with zero attached hydrogens (tertiary/aromatic N) is 1. The van der Waals surface area contributed by atoms with Crippen molar-refractivity contribution in [3.8, 4) is 5.75 Å². The van der Waals surface area contributed by atoms with Gasteiger partial charge in [-0.15, -0.1) is 0 Å². The second kappa shape index (κ2) is 8.18. The fourth-order valence-corrected chi connectivity index (χ4v) is 3.23. The van der Waals surface area contributed by atoms with E-state index < -0.39 is 0 Å². The number of carbonyl (C=O) groups is 1. The lowest BCUT2D eigenvalue weighted by atomic mass is 9.86. The molecule has 134 valence electrons. The monoisotopic (exact) mass is 344 g/mol. The molecule has 2 heterocycles. The van der Waals surface area contributed by atoms with Gasteiger partial charge in [-0.3, -0.25) is 4.79 Å². The first-order valence-electron chi connectivity index (χ1n) is 8.57. The first kappa shape index (κ1) is 17.5. The van der Waals surface area contributed by atoms with Crippen molar-refractivity contribution in [3.05, 3.63) is 48.8 Å². The van der Waals surface area contributed by atoms with Gasteiger partial charge in [0.05, 0.1) is 18.6 Å². The molecule has 1 amide bonds. The van der Waals surface area contributed by atoms with Crippen molar-refractivity contribution in [1.29, 1.82) is 0 Å². The maximum atomic E-state index is 12.6. The summed E-state index contributed by atoms with van der Waals surface area (Å²) in [6, 6.07) is 11.1. The third-order valence-electron chi connectivity index (χ3n) is 4.56. The van der Waals surface area contributed by atoms with Gasteiger partial charge in [0.2, 0.25) is 5.91 Å². The molecule has 1 aliphatic rings. The van der Waals surface area contributed by atoms with Gasteiger partial charge in [0.25, 0.3) is 0 Å². The first-order valence-corrected chi connectivity index (χ1v) is 8.57. The maximum Gasteiger partial charge on any atom is 0.226 e. The van der Waals surface area contributed by atoms with Crippen molar-refractivity contribution in [2.75, 3.05) is 31.7 Å². The minimum absolute atomic E-state index is 0.0142. The smallest absolute Gasteiger partial charge is 0.226 e. The van der Waals surface area contributed by atoms with E-state index in [1.54, 1.807) is 24.3 Å². The molecular weight excluding hydrogens is 320 g/mol. The van der Waals surface area contributed by atoms with E-state index in [-0.39, 0.29) is 24.7 Å². The van der Waals surface area contributed by atoms with Crippen LogP contribution < -0.4 is 10.1 Å². The highest BCUT2D eigenvalue weighted by Crippen LogP contribution is 2.33. The van der Waals surface area contributed by atoms with E-state index in [1.165, 1.54) is 0 Å². The Morgan fingerprint density at radius 3 is 2.52 bits per heavy atom. The summed E-state index contributed by atoms with van der Waals surface area (Å²) >= 11 is 0. The minimum atomic E-state index is -0.226. The number of anilines is 1. The van der Waals surface area contributed by atoms with Crippen LogP contribution in [-0.4, -0.2) is 42.0 Å². The van der Waals surface area contributed by atoms with Crippen molar-refractivity contribution in [3.63, 3.8) is 0 Å². The highest BCUT2D eigenvalue weighted by atomic mass is 16.5. The number of hydrogen-bond donors (Lipinski definition) is 2. The topological polar surface area (TPSA) is 72.7 Å². The minimum Gasteiger partial charge on any atom is -0.491 e. The van der Waals surface area contributed by atoms with Crippen molar-refractivity contribution in [2.24, 2.45) is 0 Å². The molecule has 6 nitrogen and oxygen atoms in total. The first-order chi connectivity index (χ1) is 12.2. The molecule has 6 heteroatoms. The van der Waals surface area contributed by atoms with E-state index >= 15 is 0 Å². The number of aromatic nitrogens is 1. The Hall–Kier alpha value is -2.31. The summed E-state index contributed by atoms with van der Waals surface area (Å²) in [5.41, 5.74) is 0.506. The van der Waals surface area contributed by atoms with Gasteiger partial charge in [-0.1, -0.05) is 0 Å². The van der Waals surface area contributed by atoms with Crippen LogP contribution in [0.4, 0.5) is 5.69 Å². The molecule has 2 N–H and O–H groups in total. The highest BCUT2D eigenvalue weighted by Gasteiger charge is 2.36. The lowest BCUT2D eigenvalue weighted by molar-refractivity contribution is -0.119. The summed E-state index contributed by atoms with van der Waals surface area (Å²) < 4.78 is 13.0. The van der Waals surface area contributed by atoms with E-state index in [0.29, 0.717) is 25.4 Å². The molecule has 0 atom stereocenters. The fraction of sp³-hybridized carbons (Fsp3) is 0.421. The van der Waals surface area contributed by atoms with Crippen LogP contribution in [0.15, 0.2) is 48.8 Å². The lowest BCUT2D eigenvalue weighted by Crippen LogP contribution is -2.42. The number of nitrogens with one attached hydrogen (secondary N) is 1. The molecule has 2 aromatic rings. The van der Waals surface area contributed by atoms with E-state index in [4.69, 9.17) is 14.6 Å². The van der Waals surface area contributed by atoms with Crippen LogP contribution in [0.25, 0.3) is 0 Å². The van der Waals surface area contributed by atoms with Crippen LogP contribution >= 0.6 is 0 Å². The second-order valence-electron chi connectivity index (χ2n) is 6.25. The molecule has 0 saturated carbocycles. The van der Waals surface area contributed by atoms with Gasteiger partial charge < -0.3 is 24.5 Å². The van der Waals surface area contributed by atoms with Gasteiger partial charge in [-0.2, -0.15) is 0 Å². The van der Waals surface area contributed by atoms with Crippen molar-refractivity contribution in [1.82, 2.24) is 4.57 Å². The Morgan fingerprint density at radius 1 is 1.20 bits per heavy atom. The number of ether oxygens (including phenoxy) is 2. The molecule has 25 heavy (non-hydrogen) atoms. The lowest BCUT2D eigenvalue weighted by Gasteiger charge is -2.38. The van der Waals surface area contributed by atoms with Crippen LogP contribution in [0, 0.1) is 0 Å². The fourth-order valence-electron chi connectivity index (χ4n) is 3.23. The molecule has 1 aromatic heterocycles. The second-order valence-corrected chi connectivity index (χ2v) is 6.25. The zero-order valence-electron chi connectivity index (χ0n) is 14.2. The third kappa shape index (κ3) is 4.41. The quantitative estimate of drug-likeness (QED) is 0.809. The van der Waals surface area contributed by atoms with E-state index in [1.807, 2.05) is 24.5 Å². The third-order valence-corrected chi connectivity index (χ3v) is 4.56. The van der Waals surface area contributed by atoms with Crippen LogP contribution in [0.3, 0.4) is 0 Å². The Bertz CT molecular complexity index is 661. The average Bonchev–Trinajstić information content (AvgIpc) is 3.17. The van der Waals surface area contributed by atoms with Crippen LogP contribution in [-0.2, 0) is 15.1 Å². The number of aliphatic hydroxyl groups excluding tert-OH is 1. The standard InChI is InChI=1S/C19H24N2O4/c22-11-14-25-17-5-3-16(4-6-17)20-18(23)15-19(7-12-24-13-8-19)21-9-1-2-10-21/h1-6,9-10,22H,7-8,11-15H2,(H,20,23). The van der Waals surface area contributed by atoms with E-state index in [9.17, 15) is 4.79 Å². The molecule has 0 aliphatic carbocycles. The SMILES string of the molecule is O=C(CC1(n2cccc2)CCOCC1)Nc1ccc(OCCO)cc1. The summed E-state index contributed by atoms with van der Waals surface area (Å²) in [5, 5.41) is 11.7. The Morgan fingerprint density at radius 2 is 1.88 bits per heavy atom. The van der Waals surface area contributed by atoms with Crippen molar-refractivity contribution in [2.45, 2.75) is 24.8 Å². The van der Waals surface area contributed by atoms with Gasteiger partial charge in [0, 0.05) is 31.3 Å². The molecule has 0 bridgehead atoms. The van der Waals surface area contributed by atoms with Crippen molar-refractivity contribution < 1.29 is 19.4 Å². The molecule has 1 aromatic carbocycles. The normalized spacial score (nSPS) is 16.4. The summed E-state index contributed by atoms with van der Waals surface area (Å²) in [4.78, 5) is 12.6. The Balaban J connectivity index is 1.64. The number of benzene rings is 1. The number of rotatable bonds is 7. The molecular formula is C19H24N2O4. The number of carbonyl (C=O) groups excluding carboxylic acids is 1. The Kier molecular flexibility index (Phi) is 5.73. The van der Waals surface area contributed by atoms with Gasteiger partial charge in [-0.25, -0.2) is 0 Å². The van der Waals surface area contributed by atoms with E-state index in [0.717, 1.165) is 18.5 Å². The molecule has 0 radical (unpaired) electrons. The maximum absolute atomic E-state index is 12.6. The predicted molar refractivity (Wildman–Crippen MR) is 94.7 cm³/mol. The largest absolute Gasteiger partial charge is 0.491 e. The van der Waals surface area contributed by atoms with E-state index in [2.05, 4.69) is 9.88 Å². The average molecular weight is 344 g/mol. The van der Waals surface area contributed by atoms with Crippen LogP contribution in [0.1, 0.15) is 19.3 Å². The number of aliphatic hydroxyl groups is 1. The summed E-state index contributed by atoms with van der Waals surface area (Å²) in [7, 11) is 0. The van der Waals surface area contributed by atoms with Gasteiger partial charge in [-0.05, 0) is 49.2 Å². The van der Waals surface area contributed by atoms with Gasteiger partial charge in [0.15, 0.2) is 0 Å². The van der Waals surface area contributed by atoms with Crippen molar-refractivity contribution >= 4 is 11.6 Å². The molecule has 3 rings (SSSR count). The summed E-state index contributed by atoms with van der Waals surface area (Å²) in [5.74, 6) is 0.653. The highest BCUT2D eigenvalue weighted by molar-refractivity contribution is 5.91. The summed E-state index contributed by atoms with van der Waals surface area (Å²) in [6.45, 7) is 1.57. The van der Waals surface area contributed by atoms with Gasteiger partial charge >= 0.3 is 0 Å². The predicted octanol–water partition coefficient (Wildman–Crippen LogP) is 2.39. The zero-order chi connectivity index (χ0) is 17.5. The zero-order valence-corrected chi connectivity index (χ0v) is 14.2. The number of amides is 1. The van der Waals surface area contributed by atoms with Crippen LogP contribution in [0.5, 0.6) is 5.75 Å². The Labute approximate surface area is 147 Å². The molecule has 0 spiro atoms. The molecule has 1 saturated heterocycles. The van der Waals surface area contributed by atoms with Gasteiger partial charge in [0.1, 0.15) is 12.4 Å². The van der Waals surface area contributed by atoms with Crippen LogP contribution in [0.2, 0.25) is 0 Å². The molecule has 1 aliphatic heterocycles.